The van der Waals surface area contributed by atoms with Crippen LogP contribution in [0.4, 0.5) is 5.69 Å². The maximum atomic E-state index is 13.2. The number of sulfonamides is 1. The van der Waals surface area contributed by atoms with E-state index < -0.39 is 15.9 Å². The minimum Gasteiger partial charge on any atom is -0.347 e. The van der Waals surface area contributed by atoms with Crippen LogP contribution in [0, 0.1) is 0 Å². The minimum atomic E-state index is -3.80. The number of carbonyl (C=O) groups excluding carboxylic acids is 2. The Morgan fingerprint density at radius 2 is 1.45 bits per heavy atom. The van der Waals surface area contributed by atoms with Crippen LogP contribution >= 0.6 is 11.6 Å². The van der Waals surface area contributed by atoms with E-state index in [9.17, 15) is 18.0 Å². The highest BCUT2D eigenvalue weighted by Gasteiger charge is 2.28. The fourth-order valence-electron chi connectivity index (χ4n) is 3.58. The summed E-state index contributed by atoms with van der Waals surface area (Å²) in [4.78, 5) is 25.0. The molecule has 0 aliphatic carbocycles. The van der Waals surface area contributed by atoms with Gasteiger partial charge in [-0.3, -0.25) is 9.59 Å². The molecule has 0 bridgehead atoms. The molecule has 1 saturated heterocycles. The van der Waals surface area contributed by atoms with E-state index in [0.717, 1.165) is 25.7 Å². The van der Waals surface area contributed by atoms with Gasteiger partial charge in [-0.2, -0.15) is 4.31 Å². The lowest BCUT2D eigenvalue weighted by Gasteiger charge is -2.21. The fraction of sp³-hybridized carbons (Fsp3) is 0.417. The van der Waals surface area contributed by atoms with Crippen molar-refractivity contribution in [2.24, 2.45) is 0 Å². The van der Waals surface area contributed by atoms with Crippen molar-refractivity contribution in [3.8, 4) is 0 Å². The number of amides is 2. The van der Waals surface area contributed by atoms with E-state index >= 15 is 0 Å². The third-order valence-electron chi connectivity index (χ3n) is 5.27. The number of nitrogens with one attached hydrogen (secondary N) is 2. The molecule has 0 atom stereocenters. The van der Waals surface area contributed by atoms with Crippen LogP contribution in [0.25, 0.3) is 0 Å². The van der Waals surface area contributed by atoms with E-state index in [-0.39, 0.29) is 26.9 Å². The molecule has 2 amide bonds. The summed E-state index contributed by atoms with van der Waals surface area (Å²) >= 11 is 6.22. The molecule has 2 N–H and O–H groups in total. The highest BCUT2D eigenvalue weighted by molar-refractivity contribution is 7.89. The molecule has 33 heavy (non-hydrogen) atoms. The van der Waals surface area contributed by atoms with Crippen molar-refractivity contribution in [1.29, 1.82) is 0 Å². The molecule has 2 aromatic carbocycles. The highest BCUT2D eigenvalue weighted by atomic mass is 35.5. The normalized spacial score (nSPS) is 15.5. The Morgan fingerprint density at radius 3 is 2.03 bits per heavy atom. The van der Waals surface area contributed by atoms with Crippen LogP contribution in [0.2, 0.25) is 5.02 Å². The summed E-state index contributed by atoms with van der Waals surface area (Å²) in [6.07, 6.45) is 3.61. The Labute approximate surface area is 200 Å². The second-order valence-electron chi connectivity index (χ2n) is 9.20. The van der Waals surface area contributed by atoms with E-state index in [2.05, 4.69) is 10.6 Å². The summed E-state index contributed by atoms with van der Waals surface area (Å²) in [6.45, 7) is 6.58. The average molecular weight is 492 g/mol. The molecule has 2 aromatic rings. The first-order valence-corrected chi connectivity index (χ1v) is 12.8. The molecule has 0 spiro atoms. The smallest absolute Gasteiger partial charge is 0.255 e. The minimum absolute atomic E-state index is 0.0621. The van der Waals surface area contributed by atoms with Crippen LogP contribution in [0.1, 0.15) is 67.2 Å². The number of halogens is 1. The zero-order valence-corrected chi connectivity index (χ0v) is 20.7. The van der Waals surface area contributed by atoms with Crippen LogP contribution in [0.15, 0.2) is 47.4 Å². The third-order valence-corrected chi connectivity index (χ3v) is 7.65. The van der Waals surface area contributed by atoms with Gasteiger partial charge in [0.15, 0.2) is 0 Å². The first kappa shape index (κ1) is 25.2. The van der Waals surface area contributed by atoms with Crippen molar-refractivity contribution in [3.05, 3.63) is 58.6 Å². The highest BCUT2D eigenvalue weighted by Crippen LogP contribution is 2.28. The lowest BCUT2D eigenvalue weighted by molar-refractivity contribution is 0.0919. The van der Waals surface area contributed by atoms with E-state index in [1.807, 2.05) is 20.8 Å². The quantitative estimate of drug-likeness (QED) is 0.634. The number of benzene rings is 2. The standard InChI is InChI=1S/C24H30ClN3O4S/c1-24(2,3)27-23(30)17-8-11-19(12-9-17)26-22(29)18-10-13-20(25)21(16-18)33(31,32)28-14-6-4-5-7-15-28/h8-13,16H,4-7,14-15H2,1-3H3,(H,26,29)(H,27,30). The first-order chi connectivity index (χ1) is 15.5. The van der Waals surface area contributed by atoms with Crippen LogP contribution in [0.3, 0.4) is 0 Å². The van der Waals surface area contributed by atoms with Gasteiger partial charge >= 0.3 is 0 Å². The molecule has 1 aliphatic rings. The molecule has 0 aromatic heterocycles. The van der Waals surface area contributed by atoms with E-state index in [1.54, 1.807) is 24.3 Å². The molecule has 7 nitrogen and oxygen atoms in total. The Kier molecular flexibility index (Phi) is 7.82. The predicted octanol–water partition coefficient (Wildman–Crippen LogP) is 4.69. The van der Waals surface area contributed by atoms with Gasteiger partial charge in [0, 0.05) is 35.4 Å². The Morgan fingerprint density at radius 1 is 0.879 bits per heavy atom. The van der Waals surface area contributed by atoms with Gasteiger partial charge in [0.25, 0.3) is 11.8 Å². The molecule has 9 heteroatoms. The van der Waals surface area contributed by atoms with Gasteiger partial charge < -0.3 is 10.6 Å². The molecule has 1 heterocycles. The average Bonchev–Trinajstić information content (AvgIpc) is 3.03. The number of hydrogen-bond donors (Lipinski definition) is 2. The number of nitrogens with zero attached hydrogens (tertiary/aromatic N) is 1. The summed E-state index contributed by atoms with van der Waals surface area (Å²) < 4.78 is 27.8. The molecule has 0 unspecified atom stereocenters. The summed E-state index contributed by atoms with van der Waals surface area (Å²) in [7, 11) is -3.80. The van der Waals surface area contributed by atoms with Crippen molar-refractivity contribution >= 4 is 39.1 Å². The van der Waals surface area contributed by atoms with Crippen molar-refractivity contribution in [2.75, 3.05) is 18.4 Å². The SMILES string of the molecule is CC(C)(C)NC(=O)c1ccc(NC(=O)c2ccc(Cl)c(S(=O)(=O)N3CCCCCC3)c2)cc1. The van der Waals surface area contributed by atoms with Gasteiger partial charge in [-0.25, -0.2) is 8.42 Å². The molecular weight excluding hydrogens is 462 g/mol. The summed E-state index contributed by atoms with van der Waals surface area (Å²) in [5.74, 6) is -0.674. The molecule has 0 radical (unpaired) electrons. The number of rotatable bonds is 5. The lowest BCUT2D eigenvalue weighted by atomic mass is 10.1. The Bertz CT molecular complexity index is 1120. The van der Waals surface area contributed by atoms with Crippen molar-refractivity contribution < 1.29 is 18.0 Å². The zero-order chi connectivity index (χ0) is 24.2. The monoisotopic (exact) mass is 491 g/mol. The van der Waals surface area contributed by atoms with Gasteiger partial charge in [-0.1, -0.05) is 24.4 Å². The van der Waals surface area contributed by atoms with Crippen molar-refractivity contribution in [1.82, 2.24) is 9.62 Å². The Hall–Kier alpha value is -2.42. The molecule has 1 fully saturated rings. The summed E-state index contributed by atoms with van der Waals surface area (Å²) in [6, 6.07) is 10.7. The summed E-state index contributed by atoms with van der Waals surface area (Å²) in [5.41, 5.74) is 0.783. The van der Waals surface area contributed by atoms with E-state index in [0.29, 0.717) is 24.3 Å². The summed E-state index contributed by atoms with van der Waals surface area (Å²) in [5, 5.41) is 5.70. The topological polar surface area (TPSA) is 95.6 Å². The second-order valence-corrected chi connectivity index (χ2v) is 11.5. The first-order valence-electron chi connectivity index (χ1n) is 11.0. The van der Waals surface area contributed by atoms with Gasteiger partial charge in [-0.15, -0.1) is 0 Å². The molecule has 3 rings (SSSR count). The fourth-order valence-corrected chi connectivity index (χ4v) is 5.60. The Balaban J connectivity index is 1.76. The van der Waals surface area contributed by atoms with E-state index in [4.69, 9.17) is 11.6 Å². The van der Waals surface area contributed by atoms with Gasteiger partial charge in [0.05, 0.1) is 5.02 Å². The van der Waals surface area contributed by atoms with E-state index in [1.165, 1.54) is 22.5 Å². The number of carbonyl (C=O) groups is 2. The van der Waals surface area contributed by atoms with Crippen LogP contribution in [0.5, 0.6) is 0 Å². The van der Waals surface area contributed by atoms with Gasteiger partial charge in [0.2, 0.25) is 10.0 Å². The third kappa shape index (κ3) is 6.56. The zero-order valence-electron chi connectivity index (χ0n) is 19.2. The molecule has 0 saturated carbocycles. The maximum absolute atomic E-state index is 13.2. The van der Waals surface area contributed by atoms with Crippen LogP contribution < -0.4 is 10.6 Å². The predicted molar refractivity (Wildman–Crippen MR) is 130 cm³/mol. The van der Waals surface area contributed by atoms with Crippen molar-refractivity contribution in [2.45, 2.75) is 56.9 Å². The lowest BCUT2D eigenvalue weighted by Crippen LogP contribution is -2.40. The van der Waals surface area contributed by atoms with Gasteiger partial charge in [0.1, 0.15) is 4.90 Å². The maximum Gasteiger partial charge on any atom is 0.255 e. The van der Waals surface area contributed by atoms with Crippen molar-refractivity contribution in [3.63, 3.8) is 0 Å². The molecule has 1 aliphatic heterocycles. The van der Waals surface area contributed by atoms with Crippen LogP contribution in [-0.2, 0) is 10.0 Å². The van der Waals surface area contributed by atoms with Gasteiger partial charge in [-0.05, 0) is 76.1 Å². The van der Waals surface area contributed by atoms with Crippen LogP contribution in [-0.4, -0.2) is 43.2 Å². The second kappa shape index (κ2) is 10.2. The number of hydrogen-bond acceptors (Lipinski definition) is 4. The molecule has 178 valence electrons. The number of anilines is 1. The largest absolute Gasteiger partial charge is 0.347 e. The molecular formula is C24H30ClN3O4S.